The Morgan fingerprint density at radius 3 is 2.86 bits per heavy atom. The predicted octanol–water partition coefficient (Wildman–Crippen LogP) is 4.75. The molecule has 0 unspecified atom stereocenters. The van der Waals surface area contributed by atoms with E-state index in [1.165, 1.54) is 28.4 Å². The number of aromatic nitrogens is 1. The molecule has 1 aliphatic carbocycles. The number of allylic oxidation sites excluding steroid dienone is 1. The normalized spacial score (nSPS) is 28.2. The average molecular weight is 623 g/mol. The number of ether oxygens (including phenoxy) is 2. The number of carboxylic acid groups (broad SMARTS) is 1. The Bertz CT molecular complexity index is 1600. The number of nitrogens with one attached hydrogen (secondary N) is 2. The minimum Gasteiger partial charge on any atom is -0.497 e. The molecule has 10 nitrogen and oxygen atoms in total. The lowest BCUT2D eigenvalue weighted by molar-refractivity contribution is -0.145. The fraction of sp³-hybridized carbons (Fsp3) is 0.438. The summed E-state index contributed by atoms with van der Waals surface area (Å²) in [5.74, 6) is -1.99. The van der Waals surface area contributed by atoms with Gasteiger partial charge in [0.2, 0.25) is 11.8 Å². The van der Waals surface area contributed by atoms with Gasteiger partial charge in [-0.2, -0.15) is 0 Å². The maximum absolute atomic E-state index is 14.2. The lowest BCUT2D eigenvalue weighted by Gasteiger charge is -2.30. The average Bonchev–Trinajstić information content (AvgIpc) is 3.31. The minimum atomic E-state index is -1.40. The zero-order valence-corrected chi connectivity index (χ0v) is 25.1. The van der Waals surface area contributed by atoms with Gasteiger partial charge >= 0.3 is 5.97 Å². The second-order valence-corrected chi connectivity index (χ2v) is 12.6. The smallest absolute Gasteiger partial charge is 0.330 e. The number of carbonyl (C=O) groups excluding carboxylic acids is 2. The maximum atomic E-state index is 14.2. The number of anilines is 1. The summed E-state index contributed by atoms with van der Waals surface area (Å²) in [6.45, 7) is 0.112. The Hall–Kier alpha value is -4.19. The van der Waals surface area contributed by atoms with Crippen molar-refractivity contribution in [1.82, 2.24) is 15.2 Å². The van der Waals surface area contributed by atoms with Gasteiger partial charge in [-0.25, -0.2) is 14.2 Å². The Labute approximate surface area is 258 Å². The Morgan fingerprint density at radius 2 is 2.07 bits per heavy atom. The topological polar surface area (TPSA) is 130 Å². The van der Waals surface area contributed by atoms with Crippen molar-refractivity contribution in [3.8, 4) is 10.9 Å². The van der Waals surface area contributed by atoms with Crippen LogP contribution in [-0.4, -0.2) is 70.2 Å². The molecule has 0 radical (unpaired) electrons. The van der Waals surface area contributed by atoms with Crippen molar-refractivity contribution < 1.29 is 33.4 Å². The van der Waals surface area contributed by atoms with Gasteiger partial charge in [-0.3, -0.25) is 9.59 Å². The lowest BCUT2D eigenvalue weighted by Crippen LogP contribution is -2.55. The van der Waals surface area contributed by atoms with E-state index in [1.807, 2.05) is 30.4 Å². The van der Waals surface area contributed by atoms with Gasteiger partial charge < -0.3 is 30.1 Å². The molecule has 6 rings (SSSR count). The molecule has 44 heavy (non-hydrogen) atoms. The Balaban J connectivity index is 1.29. The van der Waals surface area contributed by atoms with Crippen LogP contribution in [0.5, 0.6) is 10.9 Å². The van der Waals surface area contributed by atoms with Crippen LogP contribution in [0.3, 0.4) is 0 Å². The van der Waals surface area contributed by atoms with Crippen molar-refractivity contribution in [3.05, 3.63) is 60.4 Å². The predicted molar refractivity (Wildman–Crippen MR) is 163 cm³/mol. The van der Waals surface area contributed by atoms with Gasteiger partial charge in [0.15, 0.2) is 0 Å². The molecule has 5 atom stereocenters. The van der Waals surface area contributed by atoms with E-state index in [9.17, 15) is 23.9 Å². The van der Waals surface area contributed by atoms with E-state index in [0.717, 1.165) is 35.9 Å². The first-order valence-corrected chi connectivity index (χ1v) is 15.7. The number of rotatable bonds is 6. The van der Waals surface area contributed by atoms with Crippen LogP contribution < -0.4 is 20.1 Å². The summed E-state index contributed by atoms with van der Waals surface area (Å²) in [5, 5.41) is 16.4. The van der Waals surface area contributed by atoms with Crippen LogP contribution in [0.25, 0.3) is 10.2 Å². The van der Waals surface area contributed by atoms with Crippen LogP contribution in [0.2, 0.25) is 0 Å². The van der Waals surface area contributed by atoms with E-state index in [1.54, 1.807) is 19.2 Å². The Kier molecular flexibility index (Phi) is 8.44. The molecule has 2 aromatic carbocycles. The van der Waals surface area contributed by atoms with Crippen LogP contribution in [0.1, 0.15) is 44.9 Å². The van der Waals surface area contributed by atoms with Crippen LogP contribution in [0, 0.1) is 11.7 Å². The molecule has 232 valence electrons. The van der Waals surface area contributed by atoms with Crippen LogP contribution in [0.15, 0.2) is 54.6 Å². The molecule has 1 saturated carbocycles. The zero-order chi connectivity index (χ0) is 30.8. The molecule has 2 amide bonds. The third kappa shape index (κ3) is 6.21. The number of fused-ring (bicyclic) bond motifs is 3. The lowest BCUT2D eigenvalue weighted by atomic mass is 10.0. The number of methoxy groups -OCH3 is 1. The summed E-state index contributed by atoms with van der Waals surface area (Å²) in [5.41, 5.74) is -0.192. The third-order valence-electron chi connectivity index (χ3n) is 8.63. The highest BCUT2D eigenvalue weighted by Gasteiger charge is 2.61. The van der Waals surface area contributed by atoms with E-state index < -0.39 is 41.4 Å². The van der Waals surface area contributed by atoms with Crippen LogP contribution in [-0.2, 0) is 14.4 Å². The number of carboxylic acids is 1. The molecule has 0 spiro atoms. The molecule has 3 heterocycles. The van der Waals surface area contributed by atoms with E-state index in [4.69, 9.17) is 9.47 Å². The number of amides is 2. The number of hydrogen-bond acceptors (Lipinski definition) is 8. The summed E-state index contributed by atoms with van der Waals surface area (Å²) in [6, 6.07) is 9.77. The summed E-state index contributed by atoms with van der Waals surface area (Å²) in [6.07, 6.45) is 7.52. The molecule has 3 aliphatic rings. The quantitative estimate of drug-likeness (QED) is 0.336. The van der Waals surface area contributed by atoms with E-state index >= 15 is 0 Å². The number of halogens is 1. The number of aliphatic carboxylic acids is 1. The highest BCUT2D eigenvalue weighted by molar-refractivity contribution is 7.20. The van der Waals surface area contributed by atoms with Crippen molar-refractivity contribution >= 4 is 45.0 Å². The highest BCUT2D eigenvalue weighted by Crippen LogP contribution is 2.45. The number of benzene rings is 2. The summed E-state index contributed by atoms with van der Waals surface area (Å²) < 4.78 is 26.4. The first kappa shape index (κ1) is 29.9. The highest BCUT2D eigenvalue weighted by atomic mass is 32.1. The number of nitrogens with zero attached hydrogens (tertiary/aromatic N) is 2. The van der Waals surface area contributed by atoms with Crippen molar-refractivity contribution in [2.45, 2.75) is 68.7 Å². The fourth-order valence-electron chi connectivity index (χ4n) is 6.13. The van der Waals surface area contributed by atoms with Gasteiger partial charge in [0.1, 0.15) is 35.3 Å². The van der Waals surface area contributed by atoms with Gasteiger partial charge in [-0.05, 0) is 62.1 Å². The van der Waals surface area contributed by atoms with Crippen molar-refractivity contribution in [1.29, 1.82) is 0 Å². The minimum absolute atomic E-state index is 0.112. The molecule has 1 aromatic heterocycles. The van der Waals surface area contributed by atoms with Gasteiger partial charge in [-0.1, -0.05) is 42.4 Å². The molecule has 2 aliphatic heterocycles. The number of thiazole rings is 1. The second-order valence-electron chi connectivity index (χ2n) is 11.6. The third-order valence-corrected chi connectivity index (χ3v) is 9.54. The maximum Gasteiger partial charge on any atom is 0.330 e. The number of carbonyl (C=O) groups is 3. The summed E-state index contributed by atoms with van der Waals surface area (Å²) in [4.78, 5) is 46.4. The molecule has 0 bridgehead atoms. The van der Waals surface area contributed by atoms with Crippen molar-refractivity contribution in [2.24, 2.45) is 5.92 Å². The number of hydrogen-bond donors (Lipinski definition) is 3. The first-order chi connectivity index (χ1) is 21.3. The molecule has 3 N–H and O–H groups in total. The van der Waals surface area contributed by atoms with Gasteiger partial charge in [0.25, 0.3) is 5.19 Å². The standard InChI is InChI=1S/C32H35FN4O6S/c1-42-22-12-13-24-27(16-22)44-31(35-24)43-23-15-26-28(38)36-32(30(40)41)17-19(32)8-5-3-2-4-6-11-25(29(39)37(26)18-23)34-21-10-7-9-20(33)14-21/h5,7-10,12-14,16,19,23,25-26,34H,2-4,6,11,15,17-18H2,1H3,(H,36,38)(H,40,41)/b8-5-/t19-,23-,25+,26+,32-/m1/s1. The van der Waals surface area contributed by atoms with Crippen molar-refractivity contribution in [2.75, 3.05) is 19.0 Å². The molecule has 2 fully saturated rings. The van der Waals surface area contributed by atoms with Gasteiger partial charge in [0.05, 0.1) is 23.9 Å². The van der Waals surface area contributed by atoms with Crippen LogP contribution in [0.4, 0.5) is 10.1 Å². The SMILES string of the molecule is COc1ccc2nc(O[C@@H]3C[C@H]4C(=O)N[C@]5(C(=O)O)C[C@H]5/C=C\CCCCC[C@H](Nc5cccc(F)c5)C(=O)N4C3)sc2c1. The van der Waals surface area contributed by atoms with E-state index in [-0.39, 0.29) is 24.8 Å². The van der Waals surface area contributed by atoms with Gasteiger partial charge in [-0.15, -0.1) is 0 Å². The van der Waals surface area contributed by atoms with Crippen molar-refractivity contribution in [3.63, 3.8) is 0 Å². The molecule has 3 aromatic rings. The molecular formula is C32H35FN4O6S. The summed E-state index contributed by atoms with van der Waals surface area (Å²) >= 11 is 1.34. The fourth-order valence-corrected chi connectivity index (χ4v) is 7.04. The van der Waals surface area contributed by atoms with E-state index in [2.05, 4.69) is 15.6 Å². The second kappa shape index (κ2) is 12.4. The monoisotopic (exact) mass is 622 g/mol. The van der Waals surface area contributed by atoms with E-state index in [0.29, 0.717) is 29.5 Å². The largest absolute Gasteiger partial charge is 0.497 e. The van der Waals surface area contributed by atoms with Crippen LogP contribution >= 0.6 is 11.3 Å². The van der Waals surface area contributed by atoms with Gasteiger partial charge in [0, 0.05) is 18.0 Å². The molecule has 1 saturated heterocycles. The first-order valence-electron chi connectivity index (χ1n) is 14.9. The molecular weight excluding hydrogens is 587 g/mol. The Morgan fingerprint density at radius 1 is 1.20 bits per heavy atom. The zero-order valence-electron chi connectivity index (χ0n) is 24.3. The summed E-state index contributed by atoms with van der Waals surface area (Å²) in [7, 11) is 1.59. The molecule has 12 heteroatoms.